The summed E-state index contributed by atoms with van der Waals surface area (Å²) in [5.41, 5.74) is 1.90. The van der Waals surface area contributed by atoms with Crippen molar-refractivity contribution in [2.24, 2.45) is 0 Å². The summed E-state index contributed by atoms with van der Waals surface area (Å²) in [7, 11) is 0. The Balaban J connectivity index is 0.000000567. The molecule has 1 aromatic rings. The summed E-state index contributed by atoms with van der Waals surface area (Å²) in [5, 5.41) is 17.0. The summed E-state index contributed by atoms with van der Waals surface area (Å²) < 4.78 is 0. The zero-order valence-electron chi connectivity index (χ0n) is 12.7. The van der Waals surface area contributed by atoms with Crippen LogP contribution in [0.15, 0.2) is 37.4 Å². The summed E-state index contributed by atoms with van der Waals surface area (Å²) in [5.74, 6) is -1.71. The number of aromatic carboxylic acids is 1. The van der Waals surface area contributed by atoms with E-state index in [1.54, 1.807) is 18.2 Å². The van der Waals surface area contributed by atoms with Crippen molar-refractivity contribution in [3.8, 4) is 0 Å². The fourth-order valence-corrected chi connectivity index (χ4v) is 1.88. The van der Waals surface area contributed by atoms with Crippen LogP contribution in [-0.2, 0) is 10.2 Å². The second kappa shape index (κ2) is 8.04. The summed E-state index contributed by atoms with van der Waals surface area (Å²) >= 11 is 0. The molecule has 0 saturated heterocycles. The van der Waals surface area contributed by atoms with Gasteiger partial charge in [-0.25, -0.2) is 4.79 Å². The van der Waals surface area contributed by atoms with E-state index in [1.807, 2.05) is 26.8 Å². The Morgan fingerprint density at radius 3 is 2.05 bits per heavy atom. The molecule has 0 aliphatic carbocycles. The third kappa shape index (κ3) is 6.08. The number of benzene rings is 1. The minimum atomic E-state index is -0.886. The van der Waals surface area contributed by atoms with Gasteiger partial charge < -0.3 is 10.2 Å². The van der Waals surface area contributed by atoms with Crippen molar-refractivity contribution < 1.29 is 19.8 Å². The SMILES string of the molecule is C=CCC(=O)O.C=Cc1cccc(C(=O)O)c1C(C)(C)C. The van der Waals surface area contributed by atoms with Crippen LogP contribution in [0.2, 0.25) is 0 Å². The minimum Gasteiger partial charge on any atom is -0.481 e. The van der Waals surface area contributed by atoms with E-state index in [4.69, 9.17) is 10.2 Å². The van der Waals surface area contributed by atoms with Gasteiger partial charge in [-0.1, -0.05) is 51.6 Å². The molecule has 4 heteroatoms. The van der Waals surface area contributed by atoms with Crippen LogP contribution in [0.25, 0.3) is 6.08 Å². The molecule has 0 amide bonds. The third-order valence-corrected chi connectivity index (χ3v) is 2.62. The van der Waals surface area contributed by atoms with Gasteiger partial charge in [0.2, 0.25) is 0 Å². The van der Waals surface area contributed by atoms with Gasteiger partial charge >= 0.3 is 11.9 Å². The number of carboxylic acids is 2. The Morgan fingerprint density at radius 2 is 1.76 bits per heavy atom. The van der Waals surface area contributed by atoms with Crippen LogP contribution >= 0.6 is 0 Å². The van der Waals surface area contributed by atoms with Crippen LogP contribution in [0.5, 0.6) is 0 Å². The van der Waals surface area contributed by atoms with Crippen LogP contribution in [0.1, 0.15) is 48.7 Å². The fraction of sp³-hybridized carbons (Fsp3) is 0.294. The fourth-order valence-electron chi connectivity index (χ4n) is 1.88. The van der Waals surface area contributed by atoms with Crippen molar-refractivity contribution in [1.29, 1.82) is 0 Å². The van der Waals surface area contributed by atoms with Crippen molar-refractivity contribution in [2.75, 3.05) is 0 Å². The van der Waals surface area contributed by atoms with Crippen molar-refractivity contribution in [1.82, 2.24) is 0 Å². The van der Waals surface area contributed by atoms with Gasteiger partial charge in [0, 0.05) is 0 Å². The number of carboxylic acid groups (broad SMARTS) is 2. The predicted octanol–water partition coefficient (Wildman–Crippen LogP) is 3.97. The largest absolute Gasteiger partial charge is 0.481 e. The van der Waals surface area contributed by atoms with E-state index in [0.717, 1.165) is 11.1 Å². The van der Waals surface area contributed by atoms with Gasteiger partial charge in [-0.2, -0.15) is 0 Å². The highest BCUT2D eigenvalue weighted by molar-refractivity contribution is 5.91. The number of hydrogen-bond acceptors (Lipinski definition) is 2. The third-order valence-electron chi connectivity index (χ3n) is 2.62. The maximum absolute atomic E-state index is 11.1. The summed E-state index contributed by atoms with van der Waals surface area (Å²) in [6.07, 6.45) is 3.11. The summed E-state index contributed by atoms with van der Waals surface area (Å²) in [6.45, 7) is 12.9. The van der Waals surface area contributed by atoms with Gasteiger partial charge in [-0.05, 0) is 22.6 Å². The lowest BCUT2D eigenvalue weighted by Gasteiger charge is -2.23. The molecule has 0 aromatic heterocycles. The van der Waals surface area contributed by atoms with Crippen molar-refractivity contribution in [3.63, 3.8) is 0 Å². The monoisotopic (exact) mass is 290 g/mol. The second-order valence-electron chi connectivity index (χ2n) is 5.42. The summed E-state index contributed by atoms with van der Waals surface area (Å²) in [4.78, 5) is 20.6. The molecule has 0 unspecified atom stereocenters. The van der Waals surface area contributed by atoms with E-state index in [1.165, 1.54) is 6.08 Å². The van der Waals surface area contributed by atoms with Gasteiger partial charge in [0.05, 0.1) is 12.0 Å². The highest BCUT2D eigenvalue weighted by atomic mass is 16.4. The number of carbonyl (C=O) groups is 2. The second-order valence-corrected chi connectivity index (χ2v) is 5.42. The van der Waals surface area contributed by atoms with Crippen LogP contribution in [-0.4, -0.2) is 22.2 Å². The van der Waals surface area contributed by atoms with Crippen molar-refractivity contribution in [3.05, 3.63) is 54.1 Å². The zero-order valence-corrected chi connectivity index (χ0v) is 12.7. The first-order valence-electron chi connectivity index (χ1n) is 6.47. The molecule has 0 atom stereocenters. The Hall–Kier alpha value is -2.36. The van der Waals surface area contributed by atoms with Gasteiger partial charge in [0.15, 0.2) is 0 Å². The molecule has 21 heavy (non-hydrogen) atoms. The number of aliphatic carboxylic acids is 1. The molecule has 0 radical (unpaired) electrons. The van der Waals surface area contributed by atoms with Gasteiger partial charge in [0.25, 0.3) is 0 Å². The van der Waals surface area contributed by atoms with E-state index in [2.05, 4.69) is 13.2 Å². The van der Waals surface area contributed by atoms with Crippen LogP contribution in [0.3, 0.4) is 0 Å². The molecule has 114 valence electrons. The lowest BCUT2D eigenvalue weighted by atomic mass is 9.80. The molecule has 0 spiro atoms. The highest BCUT2D eigenvalue weighted by Gasteiger charge is 2.23. The maximum atomic E-state index is 11.1. The minimum absolute atomic E-state index is 0.0556. The maximum Gasteiger partial charge on any atom is 0.336 e. The van der Waals surface area contributed by atoms with E-state index < -0.39 is 11.9 Å². The molecule has 0 heterocycles. The first kappa shape index (κ1) is 18.6. The van der Waals surface area contributed by atoms with E-state index in [-0.39, 0.29) is 11.8 Å². The number of hydrogen-bond donors (Lipinski definition) is 2. The molecule has 0 saturated carbocycles. The van der Waals surface area contributed by atoms with E-state index in [9.17, 15) is 9.59 Å². The Labute approximate surface area is 125 Å². The average Bonchev–Trinajstić information content (AvgIpc) is 2.37. The van der Waals surface area contributed by atoms with Gasteiger partial charge in [-0.15, -0.1) is 6.58 Å². The zero-order chi connectivity index (χ0) is 16.6. The molecule has 0 aliphatic rings. The molecule has 1 rings (SSSR count). The first-order chi connectivity index (χ1) is 9.65. The molecule has 1 aromatic carbocycles. The molecular weight excluding hydrogens is 268 g/mol. The molecule has 0 fully saturated rings. The van der Waals surface area contributed by atoms with Crippen LogP contribution < -0.4 is 0 Å². The molecule has 0 aliphatic heterocycles. The highest BCUT2D eigenvalue weighted by Crippen LogP contribution is 2.30. The lowest BCUT2D eigenvalue weighted by molar-refractivity contribution is -0.135. The molecule has 2 N–H and O–H groups in total. The average molecular weight is 290 g/mol. The van der Waals surface area contributed by atoms with Gasteiger partial charge in [-0.3, -0.25) is 4.79 Å². The summed E-state index contributed by atoms with van der Waals surface area (Å²) in [6, 6.07) is 5.27. The quantitative estimate of drug-likeness (QED) is 0.823. The Kier molecular flexibility index (Phi) is 7.14. The molecule has 4 nitrogen and oxygen atoms in total. The topological polar surface area (TPSA) is 74.6 Å². The van der Waals surface area contributed by atoms with Crippen LogP contribution in [0.4, 0.5) is 0 Å². The van der Waals surface area contributed by atoms with E-state index >= 15 is 0 Å². The normalized spacial score (nSPS) is 10.0. The smallest absolute Gasteiger partial charge is 0.336 e. The van der Waals surface area contributed by atoms with Gasteiger partial charge in [0.1, 0.15) is 0 Å². The Morgan fingerprint density at radius 1 is 1.19 bits per heavy atom. The van der Waals surface area contributed by atoms with Crippen molar-refractivity contribution >= 4 is 18.0 Å². The molecular formula is C17H22O4. The van der Waals surface area contributed by atoms with Crippen molar-refractivity contribution in [2.45, 2.75) is 32.6 Å². The lowest BCUT2D eigenvalue weighted by Crippen LogP contribution is -2.18. The van der Waals surface area contributed by atoms with E-state index in [0.29, 0.717) is 5.56 Å². The Bertz CT molecular complexity index is 536. The molecule has 0 bridgehead atoms. The predicted molar refractivity (Wildman–Crippen MR) is 84.6 cm³/mol. The first-order valence-corrected chi connectivity index (χ1v) is 6.47. The van der Waals surface area contributed by atoms with Crippen LogP contribution in [0, 0.1) is 0 Å². The standard InChI is InChI=1S/C13H16O2.C4H6O2/c1-5-9-7-6-8-10(12(14)15)11(9)13(2,3)4;1-2-3-4(5)6/h5-8H,1H2,2-4H3,(H,14,15);2H,1,3H2,(H,5,6). The number of rotatable bonds is 4.